The van der Waals surface area contributed by atoms with Gasteiger partial charge >= 0.3 is 102 Å². The molecular formula is Br6Ge2. The number of hydrogen-bond donors (Lipinski definition) is 0. The fourth-order valence-corrected chi connectivity index (χ4v) is 0. The molecule has 50 valence electrons. The van der Waals surface area contributed by atoms with E-state index in [0.29, 0.717) is 0 Å². The predicted octanol–water partition coefficient (Wildman–Crippen LogP) is 4.31. The molecule has 0 unspecified atom stereocenters. The quantitative estimate of drug-likeness (QED) is 0.353. The van der Waals surface area contributed by atoms with Gasteiger partial charge < -0.3 is 0 Å². The summed E-state index contributed by atoms with van der Waals surface area (Å²) in [6.45, 7) is 0. The fourth-order valence-electron chi connectivity index (χ4n) is 0. The molecule has 0 aliphatic rings. The van der Waals surface area contributed by atoms with E-state index in [1.165, 1.54) is 0 Å². The molecule has 0 fully saturated rings. The standard InChI is InChI=1S/2Br3Ge/c2*1-4(2)3. The van der Waals surface area contributed by atoms with Crippen molar-refractivity contribution in [2.45, 2.75) is 0 Å². The van der Waals surface area contributed by atoms with Crippen LogP contribution in [0, 0.1) is 0 Å². The molecule has 0 nitrogen and oxygen atoms in total. The molecule has 0 heterocycles. The SMILES string of the molecule is [Br][Ge]([Br])[Br].[Br][Ge]([Br])[Br]. The van der Waals surface area contributed by atoms with Gasteiger partial charge in [-0.1, -0.05) is 0 Å². The van der Waals surface area contributed by atoms with Gasteiger partial charge in [0.1, 0.15) is 0 Å². The Labute approximate surface area is 99.2 Å². The predicted molar refractivity (Wildman–Crippen MR) is 65.1 cm³/mol. The summed E-state index contributed by atoms with van der Waals surface area (Å²) in [5, 5.41) is 0. The molecule has 0 bridgehead atoms. The summed E-state index contributed by atoms with van der Waals surface area (Å²) < 4.78 is 0. The van der Waals surface area contributed by atoms with Gasteiger partial charge in [-0.25, -0.2) is 0 Å². The van der Waals surface area contributed by atoms with E-state index in [2.05, 4.69) is 84.0 Å². The second kappa shape index (κ2) is 11.0. The van der Waals surface area contributed by atoms with Crippen molar-refractivity contribution in [2.75, 3.05) is 0 Å². The number of rotatable bonds is 0. The molecule has 8 heavy (non-hydrogen) atoms. The first-order valence-corrected chi connectivity index (χ1v) is 30.6. The average molecular weight is 625 g/mol. The van der Waals surface area contributed by atoms with Crippen molar-refractivity contribution >= 4 is 102 Å². The van der Waals surface area contributed by atoms with Crippen LogP contribution in [-0.2, 0) is 0 Å². The van der Waals surface area contributed by atoms with Crippen LogP contribution in [0.2, 0.25) is 0 Å². The molecule has 0 aromatic heterocycles. The molecule has 0 N–H and O–H groups in total. The molecular weight excluding hydrogens is 625 g/mol. The molecule has 0 amide bonds. The summed E-state index contributed by atoms with van der Waals surface area (Å²) in [5.41, 5.74) is 0. The third kappa shape index (κ3) is 50.9. The van der Waals surface area contributed by atoms with E-state index >= 15 is 0 Å². The second-order valence-corrected chi connectivity index (χ2v) is 60.1. The van der Waals surface area contributed by atoms with E-state index in [4.69, 9.17) is 0 Å². The van der Waals surface area contributed by atoms with E-state index in [9.17, 15) is 0 Å². The van der Waals surface area contributed by atoms with Crippen molar-refractivity contribution in [1.29, 1.82) is 0 Å². The molecule has 0 saturated carbocycles. The second-order valence-electron chi connectivity index (χ2n) is 0.429. The summed E-state index contributed by atoms with van der Waals surface area (Å²) in [6, 6.07) is 0. The summed E-state index contributed by atoms with van der Waals surface area (Å²) in [5.74, 6) is 0. The van der Waals surface area contributed by atoms with Crippen molar-refractivity contribution in [3.05, 3.63) is 0 Å². The van der Waals surface area contributed by atoms with E-state index < -0.39 is 17.6 Å². The van der Waals surface area contributed by atoms with Gasteiger partial charge in [-0.3, -0.25) is 0 Å². The molecule has 0 saturated heterocycles. The Kier molecular flexibility index (Phi) is 19.9. The minimum absolute atomic E-state index is 0.896. The van der Waals surface area contributed by atoms with Crippen LogP contribution in [0.1, 0.15) is 0 Å². The summed E-state index contributed by atoms with van der Waals surface area (Å²) >= 11 is 19.6. The maximum absolute atomic E-state index is 3.27. The summed E-state index contributed by atoms with van der Waals surface area (Å²) in [6.07, 6.45) is 0. The number of halogens is 6. The van der Waals surface area contributed by atoms with Crippen LogP contribution >= 0.6 is 84.0 Å². The first-order valence-electron chi connectivity index (χ1n) is 1.13. The zero-order valence-electron chi connectivity index (χ0n) is 3.27. The van der Waals surface area contributed by atoms with Crippen molar-refractivity contribution in [3.8, 4) is 0 Å². The Hall–Kier alpha value is 3.97. The Morgan fingerprint density at radius 2 is 0.500 bits per heavy atom. The van der Waals surface area contributed by atoms with Gasteiger partial charge in [0.2, 0.25) is 0 Å². The first kappa shape index (κ1) is 14.5. The number of hydrogen-bond acceptors (Lipinski definition) is 0. The van der Waals surface area contributed by atoms with Gasteiger partial charge in [0.15, 0.2) is 0 Å². The maximum atomic E-state index is 3.27. The van der Waals surface area contributed by atoms with Crippen molar-refractivity contribution in [3.63, 3.8) is 0 Å². The Morgan fingerprint density at radius 3 is 0.500 bits per heavy atom. The molecule has 0 aliphatic heterocycles. The molecule has 0 aliphatic carbocycles. The minimum atomic E-state index is -0.896. The zero-order chi connectivity index (χ0) is 7.15. The topological polar surface area (TPSA) is 0 Å². The zero-order valence-corrected chi connectivity index (χ0v) is 17.0. The van der Waals surface area contributed by atoms with Crippen LogP contribution in [-0.4, -0.2) is 17.6 Å². The molecule has 0 aromatic carbocycles. The molecule has 0 atom stereocenters. The Balaban J connectivity index is 0. The molecule has 0 rings (SSSR count). The molecule has 0 spiro atoms. The van der Waals surface area contributed by atoms with Gasteiger partial charge in [0.05, 0.1) is 0 Å². The van der Waals surface area contributed by atoms with Gasteiger partial charge in [0.25, 0.3) is 0 Å². The van der Waals surface area contributed by atoms with Crippen molar-refractivity contribution in [2.24, 2.45) is 0 Å². The monoisotopic (exact) mass is 621 g/mol. The first-order chi connectivity index (χ1) is 3.46. The average Bonchev–Trinajstić information content (AvgIpc) is 1.25. The molecule has 2 radical (unpaired) electrons. The van der Waals surface area contributed by atoms with Gasteiger partial charge in [-0.05, 0) is 0 Å². The van der Waals surface area contributed by atoms with Gasteiger partial charge in [-0.2, -0.15) is 0 Å². The van der Waals surface area contributed by atoms with Crippen LogP contribution in [0.3, 0.4) is 0 Å². The molecule has 8 heteroatoms. The third-order valence-corrected chi connectivity index (χ3v) is 0. The fraction of sp³-hybridized carbons (Fsp3) is 0. The van der Waals surface area contributed by atoms with E-state index in [-0.39, 0.29) is 0 Å². The van der Waals surface area contributed by atoms with Crippen LogP contribution in [0.5, 0.6) is 0 Å². The Morgan fingerprint density at radius 1 is 0.500 bits per heavy atom. The molecule has 0 aromatic rings. The third-order valence-electron chi connectivity index (χ3n) is 0. The van der Waals surface area contributed by atoms with E-state index in [1.54, 1.807) is 0 Å². The van der Waals surface area contributed by atoms with Crippen molar-refractivity contribution in [1.82, 2.24) is 0 Å². The van der Waals surface area contributed by atoms with Crippen LogP contribution in [0.15, 0.2) is 0 Å². The van der Waals surface area contributed by atoms with Crippen LogP contribution < -0.4 is 0 Å². The van der Waals surface area contributed by atoms with Crippen molar-refractivity contribution < 1.29 is 0 Å². The van der Waals surface area contributed by atoms with Gasteiger partial charge in [0, 0.05) is 0 Å². The normalized spacial score (nSPS) is 9.00. The summed E-state index contributed by atoms with van der Waals surface area (Å²) in [4.78, 5) is 0. The van der Waals surface area contributed by atoms with Crippen LogP contribution in [0.4, 0.5) is 0 Å². The van der Waals surface area contributed by atoms with E-state index in [1.807, 2.05) is 0 Å². The Bertz CT molecular complexity index is 22.0. The van der Waals surface area contributed by atoms with Crippen LogP contribution in [0.25, 0.3) is 0 Å². The van der Waals surface area contributed by atoms with E-state index in [0.717, 1.165) is 0 Å². The van der Waals surface area contributed by atoms with Gasteiger partial charge in [-0.15, -0.1) is 0 Å². The summed E-state index contributed by atoms with van der Waals surface area (Å²) in [7, 11) is -1.79.